The van der Waals surface area contributed by atoms with E-state index in [9.17, 15) is 5.11 Å². The smallest absolute Gasteiger partial charge is 0.122 e. The summed E-state index contributed by atoms with van der Waals surface area (Å²) in [5.74, 6) is 0.918. The van der Waals surface area contributed by atoms with E-state index < -0.39 is 5.60 Å². The van der Waals surface area contributed by atoms with Gasteiger partial charge in [-0.15, -0.1) is 0 Å². The van der Waals surface area contributed by atoms with E-state index in [1.54, 1.807) is 21.0 Å². The van der Waals surface area contributed by atoms with E-state index >= 15 is 0 Å². The molecule has 0 saturated carbocycles. The van der Waals surface area contributed by atoms with Crippen molar-refractivity contribution in [3.63, 3.8) is 0 Å². The lowest BCUT2D eigenvalue weighted by atomic mass is 9.94. The van der Waals surface area contributed by atoms with Gasteiger partial charge in [0.05, 0.1) is 12.7 Å². The molecular weight excluding hydrogens is 200 g/mol. The van der Waals surface area contributed by atoms with E-state index in [0.717, 1.165) is 30.6 Å². The van der Waals surface area contributed by atoms with Crippen LogP contribution >= 0.6 is 0 Å². The first-order chi connectivity index (χ1) is 7.49. The van der Waals surface area contributed by atoms with Gasteiger partial charge >= 0.3 is 0 Å². The van der Waals surface area contributed by atoms with Crippen LogP contribution in [0.3, 0.4) is 0 Å². The Labute approximate surface area is 98.3 Å². The maximum Gasteiger partial charge on any atom is 0.122 e. The number of aliphatic hydroxyl groups is 1. The molecule has 1 rings (SSSR count). The molecule has 0 fully saturated rings. The molecule has 0 unspecified atom stereocenters. The van der Waals surface area contributed by atoms with Crippen molar-refractivity contribution in [1.82, 2.24) is 0 Å². The van der Waals surface area contributed by atoms with E-state index in [4.69, 9.17) is 4.74 Å². The van der Waals surface area contributed by atoms with Crippen molar-refractivity contribution in [1.29, 1.82) is 0 Å². The Morgan fingerprint density at radius 3 is 2.50 bits per heavy atom. The van der Waals surface area contributed by atoms with Crippen LogP contribution in [-0.4, -0.2) is 12.2 Å². The van der Waals surface area contributed by atoms with Crippen LogP contribution in [0.25, 0.3) is 0 Å². The molecule has 1 aromatic carbocycles. The summed E-state index contributed by atoms with van der Waals surface area (Å²) >= 11 is 0. The third kappa shape index (κ3) is 3.24. The van der Waals surface area contributed by atoms with Gasteiger partial charge in [0.15, 0.2) is 0 Å². The van der Waals surface area contributed by atoms with E-state index in [1.165, 1.54) is 5.56 Å². The van der Waals surface area contributed by atoms with Gasteiger partial charge in [-0.3, -0.25) is 0 Å². The monoisotopic (exact) mass is 222 g/mol. The zero-order valence-corrected chi connectivity index (χ0v) is 10.7. The van der Waals surface area contributed by atoms with Crippen LogP contribution < -0.4 is 4.74 Å². The van der Waals surface area contributed by atoms with Gasteiger partial charge in [0.2, 0.25) is 0 Å². The van der Waals surface area contributed by atoms with Crippen LogP contribution in [-0.2, 0) is 12.0 Å². The van der Waals surface area contributed by atoms with Crippen LogP contribution in [0.2, 0.25) is 0 Å². The molecule has 0 aliphatic carbocycles. The summed E-state index contributed by atoms with van der Waals surface area (Å²) in [5.41, 5.74) is 1.34. The van der Waals surface area contributed by atoms with Gasteiger partial charge in [-0.2, -0.15) is 0 Å². The fourth-order valence-electron chi connectivity index (χ4n) is 1.72. The Morgan fingerprint density at radius 1 is 1.31 bits per heavy atom. The number of methoxy groups -OCH3 is 1. The van der Waals surface area contributed by atoms with E-state index in [1.807, 2.05) is 12.1 Å². The van der Waals surface area contributed by atoms with Gasteiger partial charge < -0.3 is 9.84 Å². The summed E-state index contributed by atoms with van der Waals surface area (Å²) in [7, 11) is 1.69. The second-order valence-corrected chi connectivity index (χ2v) is 4.69. The van der Waals surface area contributed by atoms with Gasteiger partial charge in [-0.25, -0.2) is 0 Å². The summed E-state index contributed by atoms with van der Waals surface area (Å²) in [6.45, 7) is 5.78. The van der Waals surface area contributed by atoms with Crippen molar-refractivity contribution in [2.45, 2.75) is 45.6 Å². The molecule has 0 saturated heterocycles. The van der Waals surface area contributed by atoms with Crippen molar-refractivity contribution < 1.29 is 9.84 Å². The highest BCUT2D eigenvalue weighted by Gasteiger charge is 2.17. The average molecular weight is 222 g/mol. The number of benzene rings is 1. The van der Waals surface area contributed by atoms with Crippen LogP contribution in [0.5, 0.6) is 5.75 Å². The normalized spacial score (nSPS) is 11.6. The second kappa shape index (κ2) is 5.35. The topological polar surface area (TPSA) is 29.5 Å². The van der Waals surface area contributed by atoms with Crippen LogP contribution in [0.4, 0.5) is 0 Å². The third-order valence-electron chi connectivity index (χ3n) is 2.79. The second-order valence-electron chi connectivity index (χ2n) is 4.69. The first kappa shape index (κ1) is 13.0. The number of unbranched alkanes of at least 4 members (excludes halogenated alkanes) is 1. The Hall–Kier alpha value is -1.02. The van der Waals surface area contributed by atoms with Gasteiger partial charge in [0.1, 0.15) is 5.75 Å². The molecule has 0 aromatic heterocycles. The molecule has 0 spiro atoms. The highest BCUT2D eigenvalue weighted by Crippen LogP contribution is 2.27. The predicted octanol–water partition coefficient (Wildman–Crippen LogP) is 3.27. The average Bonchev–Trinajstić information content (AvgIpc) is 2.24. The molecule has 0 heterocycles. The lowest BCUT2D eigenvalue weighted by Crippen LogP contribution is -2.15. The Bertz CT molecular complexity index is 337. The molecule has 16 heavy (non-hydrogen) atoms. The SMILES string of the molecule is CCCCc1cc(C(C)(C)O)ccc1OC. The van der Waals surface area contributed by atoms with Crippen molar-refractivity contribution in [3.05, 3.63) is 29.3 Å². The largest absolute Gasteiger partial charge is 0.496 e. The minimum atomic E-state index is -0.784. The van der Waals surface area contributed by atoms with Crippen LogP contribution in [0.15, 0.2) is 18.2 Å². The number of ether oxygens (including phenoxy) is 1. The fraction of sp³-hybridized carbons (Fsp3) is 0.571. The molecule has 0 aliphatic rings. The third-order valence-corrected chi connectivity index (χ3v) is 2.79. The van der Waals surface area contributed by atoms with Gasteiger partial charge in [0.25, 0.3) is 0 Å². The van der Waals surface area contributed by atoms with Gasteiger partial charge in [0, 0.05) is 0 Å². The minimum absolute atomic E-state index is 0.784. The Kier molecular flexibility index (Phi) is 4.36. The van der Waals surface area contributed by atoms with Crippen LogP contribution in [0.1, 0.15) is 44.7 Å². The lowest BCUT2D eigenvalue weighted by molar-refractivity contribution is 0.0784. The molecule has 90 valence electrons. The number of hydrogen-bond acceptors (Lipinski definition) is 2. The van der Waals surface area contributed by atoms with Gasteiger partial charge in [-0.05, 0) is 49.9 Å². The Morgan fingerprint density at radius 2 is 2.00 bits per heavy atom. The maximum absolute atomic E-state index is 9.96. The number of rotatable bonds is 5. The van der Waals surface area contributed by atoms with Crippen molar-refractivity contribution >= 4 is 0 Å². The molecule has 2 nitrogen and oxygen atoms in total. The summed E-state index contributed by atoms with van der Waals surface area (Å²) in [6.07, 6.45) is 3.31. The van der Waals surface area contributed by atoms with Crippen molar-refractivity contribution in [2.24, 2.45) is 0 Å². The lowest BCUT2D eigenvalue weighted by Gasteiger charge is -2.20. The molecule has 0 atom stereocenters. The van der Waals surface area contributed by atoms with Gasteiger partial charge in [-0.1, -0.05) is 19.4 Å². The summed E-state index contributed by atoms with van der Waals surface area (Å²) < 4.78 is 5.33. The standard InChI is InChI=1S/C14H22O2/c1-5-6-7-11-10-12(14(2,3)15)8-9-13(11)16-4/h8-10,15H,5-7H2,1-4H3. The molecule has 0 amide bonds. The zero-order chi connectivity index (χ0) is 12.2. The molecule has 0 radical (unpaired) electrons. The number of hydrogen-bond donors (Lipinski definition) is 1. The minimum Gasteiger partial charge on any atom is -0.496 e. The summed E-state index contributed by atoms with van der Waals surface area (Å²) in [4.78, 5) is 0. The molecule has 1 N–H and O–H groups in total. The van der Waals surface area contributed by atoms with Crippen LogP contribution in [0, 0.1) is 0 Å². The highest BCUT2D eigenvalue weighted by atomic mass is 16.5. The summed E-state index contributed by atoms with van der Waals surface area (Å²) in [6, 6.07) is 5.92. The highest BCUT2D eigenvalue weighted by molar-refractivity contribution is 5.39. The zero-order valence-electron chi connectivity index (χ0n) is 10.7. The first-order valence-electron chi connectivity index (χ1n) is 5.88. The van der Waals surface area contributed by atoms with E-state index in [-0.39, 0.29) is 0 Å². The predicted molar refractivity (Wildman–Crippen MR) is 66.9 cm³/mol. The summed E-state index contributed by atoms with van der Waals surface area (Å²) in [5, 5.41) is 9.96. The molecular formula is C14H22O2. The molecule has 0 aliphatic heterocycles. The maximum atomic E-state index is 9.96. The molecule has 0 bridgehead atoms. The van der Waals surface area contributed by atoms with E-state index in [2.05, 4.69) is 13.0 Å². The molecule has 1 aromatic rings. The quantitative estimate of drug-likeness (QED) is 0.828. The number of aryl methyl sites for hydroxylation is 1. The van der Waals surface area contributed by atoms with Crippen molar-refractivity contribution in [2.75, 3.05) is 7.11 Å². The van der Waals surface area contributed by atoms with Crippen molar-refractivity contribution in [3.8, 4) is 5.75 Å². The first-order valence-corrected chi connectivity index (χ1v) is 5.88. The van der Waals surface area contributed by atoms with E-state index in [0.29, 0.717) is 0 Å². The fourth-order valence-corrected chi connectivity index (χ4v) is 1.72. The Balaban J connectivity index is 3.01. The molecule has 2 heteroatoms.